The Hall–Kier alpha value is -4.39. The molecule has 0 fully saturated rings. The smallest absolute Gasteiger partial charge is 0.408 e. The molecule has 3 rings (SSSR count). The molecule has 3 aromatic rings. The first-order valence-electron chi connectivity index (χ1n) is 14.2. The van der Waals surface area contributed by atoms with Crippen LogP contribution in [-0.2, 0) is 20.7 Å². The van der Waals surface area contributed by atoms with Crippen LogP contribution >= 0.6 is 0 Å². The second-order valence-electron chi connectivity index (χ2n) is 11.7. The van der Waals surface area contributed by atoms with Crippen molar-refractivity contribution < 1.29 is 19.1 Å². The first-order valence-corrected chi connectivity index (χ1v) is 14.2. The Kier molecular flexibility index (Phi) is 10.7. The number of rotatable bonds is 10. The fraction of sp³-hybridized carbons (Fsp3) is 0.343. The summed E-state index contributed by atoms with van der Waals surface area (Å²) in [4.78, 5) is 43.0. The van der Waals surface area contributed by atoms with Crippen LogP contribution in [0.2, 0.25) is 0 Å². The molecule has 0 bridgehead atoms. The Labute approximate surface area is 250 Å². The molecule has 0 aliphatic rings. The molecule has 7 heteroatoms. The number of para-hydroxylation sites is 1. The van der Waals surface area contributed by atoms with Crippen molar-refractivity contribution in [3.63, 3.8) is 0 Å². The molecule has 0 aliphatic heterocycles. The van der Waals surface area contributed by atoms with Gasteiger partial charge in [-0.25, -0.2) is 4.79 Å². The van der Waals surface area contributed by atoms with Crippen LogP contribution < -0.4 is 10.6 Å². The monoisotopic (exact) mass is 569 g/mol. The van der Waals surface area contributed by atoms with Crippen molar-refractivity contribution in [1.29, 1.82) is 0 Å². The van der Waals surface area contributed by atoms with Crippen LogP contribution in [0.1, 0.15) is 60.2 Å². The van der Waals surface area contributed by atoms with Crippen LogP contribution in [0.4, 0.5) is 10.5 Å². The van der Waals surface area contributed by atoms with Crippen molar-refractivity contribution in [2.75, 3.05) is 11.9 Å². The standard InChI is InChI=1S/C35H43N3O4/c1-9-18-38(33(40)29(22-27-16-11-10-12-17-27)36-34(41)42-35(6,7)8)31(28-20-23(2)19-24(3)21-28)32(39)37-30-25(4)14-13-15-26(30)5/h9-17,19-21,29,31H,1,18,22H2,2-8H3,(H,36,41)(H,37,39). The quantitative estimate of drug-likeness (QED) is 0.264. The summed E-state index contributed by atoms with van der Waals surface area (Å²) in [5.41, 5.74) is 5.24. The predicted octanol–water partition coefficient (Wildman–Crippen LogP) is 6.75. The van der Waals surface area contributed by atoms with Gasteiger partial charge < -0.3 is 20.3 Å². The fourth-order valence-electron chi connectivity index (χ4n) is 5.01. The van der Waals surface area contributed by atoms with Gasteiger partial charge in [-0.1, -0.05) is 83.9 Å². The van der Waals surface area contributed by atoms with E-state index < -0.39 is 29.7 Å². The summed E-state index contributed by atoms with van der Waals surface area (Å²) in [6.07, 6.45) is 1.09. The van der Waals surface area contributed by atoms with Gasteiger partial charge in [-0.05, 0) is 70.7 Å². The lowest BCUT2D eigenvalue weighted by molar-refractivity contribution is -0.140. The summed E-state index contributed by atoms with van der Waals surface area (Å²) < 4.78 is 5.50. The van der Waals surface area contributed by atoms with Crippen LogP contribution in [-0.4, -0.2) is 41.0 Å². The fourth-order valence-corrected chi connectivity index (χ4v) is 5.01. The normalized spacial score (nSPS) is 12.5. The molecule has 2 unspecified atom stereocenters. The zero-order valence-electron chi connectivity index (χ0n) is 25.8. The Morgan fingerprint density at radius 2 is 1.50 bits per heavy atom. The van der Waals surface area contributed by atoms with Crippen molar-refractivity contribution in [1.82, 2.24) is 10.2 Å². The van der Waals surface area contributed by atoms with E-state index in [0.717, 1.165) is 27.8 Å². The molecule has 0 saturated carbocycles. The van der Waals surface area contributed by atoms with E-state index >= 15 is 0 Å². The molecular weight excluding hydrogens is 526 g/mol. The number of aryl methyl sites for hydroxylation is 4. The van der Waals surface area contributed by atoms with E-state index in [0.29, 0.717) is 11.3 Å². The molecule has 0 radical (unpaired) electrons. The van der Waals surface area contributed by atoms with E-state index in [9.17, 15) is 14.4 Å². The van der Waals surface area contributed by atoms with Gasteiger partial charge in [0.2, 0.25) is 5.91 Å². The summed E-state index contributed by atoms with van der Waals surface area (Å²) in [5.74, 6) is -0.784. The third-order valence-electron chi connectivity index (χ3n) is 6.73. The minimum Gasteiger partial charge on any atom is -0.444 e. The van der Waals surface area contributed by atoms with Crippen molar-refractivity contribution in [2.45, 2.75) is 72.6 Å². The van der Waals surface area contributed by atoms with Crippen LogP contribution in [0.5, 0.6) is 0 Å². The van der Waals surface area contributed by atoms with Gasteiger partial charge in [0.05, 0.1) is 0 Å². The number of nitrogens with one attached hydrogen (secondary N) is 2. The molecule has 0 saturated heterocycles. The van der Waals surface area contributed by atoms with Gasteiger partial charge in [-0.2, -0.15) is 0 Å². The van der Waals surface area contributed by atoms with E-state index in [2.05, 4.69) is 17.2 Å². The molecule has 42 heavy (non-hydrogen) atoms. The zero-order chi connectivity index (χ0) is 31.0. The minimum absolute atomic E-state index is 0.0813. The highest BCUT2D eigenvalue weighted by Gasteiger charge is 2.36. The molecule has 0 heterocycles. The number of hydrogen-bond acceptors (Lipinski definition) is 4. The number of anilines is 1. The van der Waals surface area contributed by atoms with E-state index in [1.807, 2.05) is 94.4 Å². The zero-order valence-corrected chi connectivity index (χ0v) is 25.8. The van der Waals surface area contributed by atoms with Gasteiger partial charge in [0.1, 0.15) is 17.7 Å². The number of benzene rings is 3. The molecular formula is C35H43N3O4. The second-order valence-corrected chi connectivity index (χ2v) is 11.7. The van der Waals surface area contributed by atoms with Gasteiger partial charge in [-0.3, -0.25) is 9.59 Å². The summed E-state index contributed by atoms with van der Waals surface area (Å²) in [6, 6.07) is 19.1. The van der Waals surface area contributed by atoms with E-state index in [4.69, 9.17) is 4.74 Å². The molecule has 0 aromatic heterocycles. The Morgan fingerprint density at radius 1 is 0.905 bits per heavy atom. The highest BCUT2D eigenvalue weighted by Crippen LogP contribution is 2.28. The van der Waals surface area contributed by atoms with Crippen molar-refractivity contribution in [3.8, 4) is 0 Å². The Bertz CT molecular complexity index is 1390. The molecule has 7 nitrogen and oxygen atoms in total. The van der Waals surface area contributed by atoms with E-state index in [1.165, 1.54) is 4.90 Å². The lowest BCUT2D eigenvalue weighted by atomic mass is 9.97. The maximum absolute atomic E-state index is 14.4. The Balaban J connectivity index is 2.10. The maximum atomic E-state index is 14.4. The number of carbonyl (C=O) groups is 3. The summed E-state index contributed by atoms with van der Waals surface area (Å²) in [5, 5.41) is 5.87. The van der Waals surface area contributed by atoms with Gasteiger partial charge >= 0.3 is 6.09 Å². The average Bonchev–Trinajstić information content (AvgIpc) is 2.89. The third-order valence-corrected chi connectivity index (χ3v) is 6.73. The van der Waals surface area contributed by atoms with Crippen LogP contribution in [0.3, 0.4) is 0 Å². The number of hydrogen-bond donors (Lipinski definition) is 2. The highest BCUT2D eigenvalue weighted by molar-refractivity contribution is 6.00. The summed E-state index contributed by atoms with van der Waals surface area (Å²) in [7, 11) is 0. The lowest BCUT2D eigenvalue weighted by Crippen LogP contribution is -2.53. The van der Waals surface area contributed by atoms with Crippen LogP contribution in [0.25, 0.3) is 0 Å². The SMILES string of the molecule is C=CCN(C(=O)C(Cc1ccccc1)NC(=O)OC(C)(C)C)C(C(=O)Nc1c(C)cccc1C)c1cc(C)cc(C)c1. The average molecular weight is 570 g/mol. The molecule has 3 amide bonds. The van der Waals surface area contributed by atoms with Crippen molar-refractivity contribution in [3.05, 3.63) is 113 Å². The number of nitrogens with zero attached hydrogens (tertiary/aromatic N) is 1. The topological polar surface area (TPSA) is 87.7 Å². The number of amides is 3. The molecule has 3 aromatic carbocycles. The maximum Gasteiger partial charge on any atom is 0.408 e. The van der Waals surface area contributed by atoms with Gasteiger partial charge in [0.15, 0.2) is 0 Å². The third kappa shape index (κ3) is 8.80. The first kappa shape index (κ1) is 32.1. The molecule has 2 N–H and O–H groups in total. The molecule has 222 valence electrons. The van der Waals surface area contributed by atoms with Crippen molar-refractivity contribution in [2.24, 2.45) is 0 Å². The largest absolute Gasteiger partial charge is 0.444 e. The first-order chi connectivity index (χ1) is 19.8. The van der Waals surface area contributed by atoms with Crippen LogP contribution in [0.15, 0.2) is 79.4 Å². The van der Waals surface area contributed by atoms with Gasteiger partial charge in [0.25, 0.3) is 5.91 Å². The summed E-state index contributed by atoms with van der Waals surface area (Å²) >= 11 is 0. The van der Waals surface area contributed by atoms with Crippen LogP contribution in [0, 0.1) is 27.7 Å². The van der Waals surface area contributed by atoms with Gasteiger partial charge in [0, 0.05) is 18.7 Å². The number of alkyl carbamates (subject to hydrolysis) is 1. The van der Waals surface area contributed by atoms with Crippen molar-refractivity contribution >= 4 is 23.6 Å². The molecule has 2 atom stereocenters. The number of carbonyl (C=O) groups excluding carboxylic acids is 3. The number of ether oxygens (including phenoxy) is 1. The predicted molar refractivity (Wildman–Crippen MR) is 168 cm³/mol. The van der Waals surface area contributed by atoms with Gasteiger partial charge in [-0.15, -0.1) is 6.58 Å². The summed E-state index contributed by atoms with van der Waals surface area (Å²) in [6.45, 7) is 17.0. The molecule has 0 aliphatic carbocycles. The minimum atomic E-state index is -0.997. The van der Waals surface area contributed by atoms with E-state index in [1.54, 1.807) is 26.8 Å². The Morgan fingerprint density at radius 3 is 2.05 bits per heavy atom. The highest BCUT2D eigenvalue weighted by atomic mass is 16.6. The second kappa shape index (κ2) is 14.0. The lowest BCUT2D eigenvalue weighted by Gasteiger charge is -2.34. The molecule has 0 spiro atoms. The van der Waals surface area contributed by atoms with E-state index in [-0.39, 0.29) is 18.9 Å².